The molecule has 3 aromatic rings. The highest BCUT2D eigenvalue weighted by molar-refractivity contribution is 7.16. The summed E-state index contributed by atoms with van der Waals surface area (Å²) in [7, 11) is 1.25. The van der Waals surface area contributed by atoms with Crippen LogP contribution in [0.3, 0.4) is 0 Å². The molecule has 1 heterocycles. The smallest absolute Gasteiger partial charge is 0.338 e. The van der Waals surface area contributed by atoms with Gasteiger partial charge in [0.25, 0.3) is 5.91 Å². The molecule has 0 bridgehead atoms. The van der Waals surface area contributed by atoms with Crippen molar-refractivity contribution in [3.8, 4) is 0 Å². The Morgan fingerprint density at radius 2 is 2.00 bits per heavy atom. The number of hydrogen-bond acceptors (Lipinski definition) is 4. The molecule has 3 rings (SSSR count). The number of aromatic nitrogens is 1. The highest BCUT2D eigenvalue weighted by atomic mass is 32.1. The van der Waals surface area contributed by atoms with E-state index in [9.17, 15) is 14.0 Å². The molecule has 26 heavy (non-hydrogen) atoms. The van der Waals surface area contributed by atoms with Gasteiger partial charge >= 0.3 is 5.97 Å². The Hall–Kier alpha value is -3.06. The first kappa shape index (κ1) is 17.8. The largest absolute Gasteiger partial charge is 0.465 e. The standard InChI is InChI=1S/C19H15FN2O3S/c1-3-10-22-15-9-8-12(20)11-16(15)26-19(22)21-17(23)13-6-4-5-7-14(13)18(24)25-2/h3-9,11H,1,10H2,2H3. The van der Waals surface area contributed by atoms with E-state index in [2.05, 4.69) is 11.6 Å². The molecule has 0 saturated heterocycles. The van der Waals surface area contributed by atoms with Crippen LogP contribution >= 0.6 is 11.3 Å². The van der Waals surface area contributed by atoms with Crippen molar-refractivity contribution in [1.29, 1.82) is 0 Å². The number of nitrogens with zero attached hydrogens (tertiary/aromatic N) is 2. The van der Waals surface area contributed by atoms with E-state index >= 15 is 0 Å². The third-order valence-corrected chi connectivity index (χ3v) is 4.76. The van der Waals surface area contributed by atoms with Crippen LogP contribution < -0.4 is 4.80 Å². The van der Waals surface area contributed by atoms with E-state index < -0.39 is 11.9 Å². The number of methoxy groups -OCH3 is 1. The minimum Gasteiger partial charge on any atom is -0.465 e. The lowest BCUT2D eigenvalue weighted by Crippen LogP contribution is -2.17. The number of hydrogen-bond donors (Lipinski definition) is 0. The number of halogens is 1. The number of thiazole rings is 1. The zero-order valence-corrected chi connectivity index (χ0v) is 14.8. The minimum absolute atomic E-state index is 0.145. The summed E-state index contributed by atoms with van der Waals surface area (Å²) in [6, 6.07) is 10.7. The summed E-state index contributed by atoms with van der Waals surface area (Å²) >= 11 is 1.19. The van der Waals surface area contributed by atoms with E-state index in [1.165, 1.54) is 42.7 Å². The molecule has 0 radical (unpaired) electrons. The van der Waals surface area contributed by atoms with Gasteiger partial charge in [0.15, 0.2) is 4.80 Å². The Balaban J connectivity index is 2.16. The quantitative estimate of drug-likeness (QED) is 0.521. The number of benzene rings is 2. The van der Waals surface area contributed by atoms with Crippen LogP contribution in [0, 0.1) is 5.82 Å². The van der Waals surface area contributed by atoms with Gasteiger partial charge in [0.1, 0.15) is 5.82 Å². The SMILES string of the molecule is C=CCn1c(=NC(=O)c2ccccc2C(=O)OC)sc2cc(F)ccc21. The van der Waals surface area contributed by atoms with Crippen molar-refractivity contribution in [2.45, 2.75) is 6.54 Å². The van der Waals surface area contributed by atoms with E-state index in [0.717, 1.165) is 5.52 Å². The monoisotopic (exact) mass is 370 g/mol. The molecule has 0 fully saturated rings. The molecule has 5 nitrogen and oxygen atoms in total. The number of rotatable bonds is 4. The molecular formula is C19H15FN2O3S. The maximum Gasteiger partial charge on any atom is 0.338 e. The summed E-state index contributed by atoms with van der Waals surface area (Å²) < 4.78 is 20.6. The van der Waals surface area contributed by atoms with Gasteiger partial charge in [-0.1, -0.05) is 29.5 Å². The number of carbonyl (C=O) groups excluding carboxylic acids is 2. The fraction of sp³-hybridized carbons (Fsp3) is 0.105. The normalized spacial score (nSPS) is 11.5. The second-order valence-corrected chi connectivity index (χ2v) is 6.36. The topological polar surface area (TPSA) is 60.7 Å². The van der Waals surface area contributed by atoms with Crippen LogP contribution in [0.5, 0.6) is 0 Å². The van der Waals surface area contributed by atoms with Crippen molar-refractivity contribution in [3.05, 3.63) is 76.9 Å². The van der Waals surface area contributed by atoms with Gasteiger partial charge < -0.3 is 9.30 Å². The Kier molecular flexibility index (Phi) is 5.09. The number of ether oxygens (including phenoxy) is 1. The first-order chi connectivity index (χ1) is 12.5. The van der Waals surface area contributed by atoms with Crippen molar-refractivity contribution in [3.63, 3.8) is 0 Å². The van der Waals surface area contributed by atoms with Gasteiger partial charge in [-0.25, -0.2) is 9.18 Å². The zero-order chi connectivity index (χ0) is 18.7. The summed E-state index contributed by atoms with van der Waals surface area (Å²) in [5.41, 5.74) is 1.04. The number of carbonyl (C=O) groups is 2. The highest BCUT2D eigenvalue weighted by Gasteiger charge is 2.17. The number of allylic oxidation sites excluding steroid dienone is 1. The molecule has 0 unspecified atom stereocenters. The predicted molar refractivity (Wildman–Crippen MR) is 97.6 cm³/mol. The van der Waals surface area contributed by atoms with Gasteiger partial charge in [0, 0.05) is 6.54 Å². The van der Waals surface area contributed by atoms with Crippen molar-refractivity contribution in [2.75, 3.05) is 7.11 Å². The third kappa shape index (κ3) is 3.34. The van der Waals surface area contributed by atoms with Crippen LogP contribution in [0.2, 0.25) is 0 Å². The molecular weight excluding hydrogens is 355 g/mol. The van der Waals surface area contributed by atoms with E-state index in [1.807, 2.05) is 0 Å². The van der Waals surface area contributed by atoms with E-state index in [-0.39, 0.29) is 16.9 Å². The van der Waals surface area contributed by atoms with Crippen molar-refractivity contribution < 1.29 is 18.7 Å². The third-order valence-electron chi connectivity index (χ3n) is 3.72. The molecule has 0 aliphatic carbocycles. The average molecular weight is 370 g/mol. The maximum absolute atomic E-state index is 13.5. The molecule has 0 aliphatic heterocycles. The van der Waals surface area contributed by atoms with Gasteiger partial charge in [-0.05, 0) is 30.3 Å². The van der Waals surface area contributed by atoms with Gasteiger partial charge in [-0.15, -0.1) is 6.58 Å². The van der Waals surface area contributed by atoms with Crippen LogP contribution in [0.1, 0.15) is 20.7 Å². The Morgan fingerprint density at radius 1 is 1.27 bits per heavy atom. The predicted octanol–water partition coefficient (Wildman–Crippen LogP) is 3.56. The Labute approximate surface area is 152 Å². The Bertz CT molecular complexity index is 1080. The fourth-order valence-corrected chi connectivity index (χ4v) is 3.61. The lowest BCUT2D eigenvalue weighted by molar-refractivity contribution is 0.0597. The molecule has 0 spiro atoms. The lowest BCUT2D eigenvalue weighted by Gasteiger charge is -2.04. The van der Waals surface area contributed by atoms with E-state index in [0.29, 0.717) is 16.0 Å². The van der Waals surface area contributed by atoms with Crippen molar-refractivity contribution >= 4 is 33.4 Å². The summed E-state index contributed by atoms with van der Waals surface area (Å²) in [4.78, 5) is 29.1. The van der Waals surface area contributed by atoms with Crippen molar-refractivity contribution in [2.24, 2.45) is 4.99 Å². The fourth-order valence-electron chi connectivity index (χ4n) is 2.54. The average Bonchev–Trinajstić information content (AvgIpc) is 2.97. The second-order valence-electron chi connectivity index (χ2n) is 5.35. The summed E-state index contributed by atoms with van der Waals surface area (Å²) in [5.74, 6) is -1.55. The van der Waals surface area contributed by atoms with Crippen molar-refractivity contribution in [1.82, 2.24) is 4.57 Å². The first-order valence-electron chi connectivity index (χ1n) is 7.71. The molecule has 0 saturated carbocycles. The molecule has 7 heteroatoms. The number of esters is 1. The van der Waals surface area contributed by atoms with Crippen LogP contribution in [-0.2, 0) is 11.3 Å². The number of fused-ring (bicyclic) bond motifs is 1. The molecule has 0 N–H and O–H groups in total. The molecule has 132 valence electrons. The van der Waals surface area contributed by atoms with Crippen LogP contribution in [0.4, 0.5) is 4.39 Å². The van der Waals surface area contributed by atoms with Crippen LogP contribution in [-0.4, -0.2) is 23.6 Å². The van der Waals surface area contributed by atoms with E-state index in [1.54, 1.807) is 28.8 Å². The summed E-state index contributed by atoms with van der Waals surface area (Å²) in [6.07, 6.45) is 1.67. The minimum atomic E-state index is -0.610. The first-order valence-corrected chi connectivity index (χ1v) is 8.53. The Morgan fingerprint density at radius 3 is 2.69 bits per heavy atom. The van der Waals surface area contributed by atoms with Gasteiger partial charge in [-0.3, -0.25) is 4.79 Å². The molecule has 1 amide bonds. The van der Waals surface area contributed by atoms with Gasteiger partial charge in [0.05, 0.1) is 28.5 Å². The van der Waals surface area contributed by atoms with Crippen LogP contribution in [0.15, 0.2) is 60.1 Å². The highest BCUT2D eigenvalue weighted by Crippen LogP contribution is 2.19. The molecule has 0 atom stereocenters. The van der Waals surface area contributed by atoms with Gasteiger partial charge in [0.2, 0.25) is 0 Å². The molecule has 2 aromatic carbocycles. The number of amides is 1. The molecule has 0 aliphatic rings. The maximum atomic E-state index is 13.5. The molecule has 1 aromatic heterocycles. The van der Waals surface area contributed by atoms with Crippen LogP contribution in [0.25, 0.3) is 10.2 Å². The lowest BCUT2D eigenvalue weighted by atomic mass is 10.1. The second kappa shape index (κ2) is 7.45. The zero-order valence-electron chi connectivity index (χ0n) is 13.9. The summed E-state index contributed by atoms with van der Waals surface area (Å²) in [6.45, 7) is 4.12. The van der Waals surface area contributed by atoms with E-state index in [4.69, 9.17) is 4.74 Å². The van der Waals surface area contributed by atoms with Gasteiger partial charge in [-0.2, -0.15) is 4.99 Å². The summed E-state index contributed by atoms with van der Waals surface area (Å²) in [5, 5.41) is 0.